The summed E-state index contributed by atoms with van der Waals surface area (Å²) in [6, 6.07) is 0. The summed E-state index contributed by atoms with van der Waals surface area (Å²) in [5.41, 5.74) is -0.512. The highest BCUT2D eigenvalue weighted by atomic mass is 32.1. The van der Waals surface area contributed by atoms with Gasteiger partial charge in [0.25, 0.3) is 0 Å². The maximum Gasteiger partial charge on any atom is 0.445 e. The van der Waals surface area contributed by atoms with Gasteiger partial charge in [0.2, 0.25) is 16.0 Å². The smallest absolute Gasteiger partial charge is 0.315 e. The normalized spacial score (nSPS) is 29.2. The highest BCUT2D eigenvalue weighted by Crippen LogP contribution is 2.44. The monoisotopic (exact) mass is 320 g/mol. The molecule has 1 saturated heterocycles. The number of hydrogen-bond acceptors (Lipinski definition) is 5. The van der Waals surface area contributed by atoms with E-state index in [0.717, 1.165) is 32.2 Å². The molecule has 2 aliphatic rings. The molecular formula is C12H15F3N4OS. The van der Waals surface area contributed by atoms with Gasteiger partial charge in [-0.25, -0.2) is 0 Å². The molecule has 3 rings (SSSR count). The Hall–Kier alpha value is -1.22. The first kappa shape index (κ1) is 14.7. The van der Waals surface area contributed by atoms with E-state index in [1.807, 2.05) is 0 Å². The van der Waals surface area contributed by atoms with E-state index in [-0.39, 0.29) is 17.0 Å². The van der Waals surface area contributed by atoms with E-state index in [1.165, 1.54) is 0 Å². The van der Waals surface area contributed by atoms with Crippen molar-refractivity contribution in [2.45, 2.75) is 31.9 Å². The van der Waals surface area contributed by atoms with Crippen molar-refractivity contribution in [1.82, 2.24) is 15.5 Å². The lowest BCUT2D eigenvalue weighted by atomic mass is 9.68. The first-order valence-electron chi connectivity index (χ1n) is 6.85. The number of halogens is 3. The van der Waals surface area contributed by atoms with Gasteiger partial charge in [0.1, 0.15) is 0 Å². The van der Waals surface area contributed by atoms with Crippen LogP contribution in [0.2, 0.25) is 0 Å². The molecule has 116 valence electrons. The number of amides is 1. The number of fused-ring (bicyclic) bond motifs is 1. The van der Waals surface area contributed by atoms with E-state index < -0.39 is 16.6 Å². The number of hydrogen-bond donors (Lipinski definition) is 2. The SMILES string of the molecule is O=C(Nc1nnc(C(F)(F)F)s1)[C@@]12CCCC[C@H]1CNC2. The molecule has 1 amide bonds. The van der Waals surface area contributed by atoms with E-state index in [4.69, 9.17) is 0 Å². The Morgan fingerprint density at radius 1 is 1.38 bits per heavy atom. The van der Waals surface area contributed by atoms with Crippen LogP contribution in [-0.2, 0) is 11.0 Å². The summed E-state index contributed by atoms with van der Waals surface area (Å²) < 4.78 is 37.5. The third-order valence-electron chi connectivity index (χ3n) is 4.38. The van der Waals surface area contributed by atoms with Crippen LogP contribution in [0.5, 0.6) is 0 Å². The van der Waals surface area contributed by atoms with Gasteiger partial charge < -0.3 is 5.32 Å². The molecule has 9 heteroatoms. The zero-order chi connectivity index (χ0) is 15.1. The van der Waals surface area contributed by atoms with Gasteiger partial charge in [-0.1, -0.05) is 24.2 Å². The Morgan fingerprint density at radius 2 is 2.19 bits per heavy atom. The second-order valence-electron chi connectivity index (χ2n) is 5.59. The number of anilines is 1. The molecule has 2 fully saturated rings. The Labute approximate surface area is 123 Å². The van der Waals surface area contributed by atoms with Gasteiger partial charge in [-0.05, 0) is 25.3 Å². The molecule has 1 saturated carbocycles. The number of aromatic nitrogens is 2. The molecule has 0 unspecified atom stereocenters. The van der Waals surface area contributed by atoms with E-state index in [9.17, 15) is 18.0 Å². The van der Waals surface area contributed by atoms with Crippen LogP contribution < -0.4 is 10.6 Å². The zero-order valence-electron chi connectivity index (χ0n) is 11.2. The molecule has 1 aliphatic heterocycles. The predicted molar refractivity (Wildman–Crippen MR) is 70.8 cm³/mol. The fourth-order valence-electron chi connectivity index (χ4n) is 3.30. The summed E-state index contributed by atoms with van der Waals surface area (Å²) in [7, 11) is 0. The molecule has 1 aromatic heterocycles. The van der Waals surface area contributed by atoms with Gasteiger partial charge in [0.15, 0.2) is 0 Å². The summed E-state index contributed by atoms with van der Waals surface area (Å²) in [6.07, 6.45) is -0.721. The van der Waals surface area contributed by atoms with Crippen LogP contribution in [0.4, 0.5) is 18.3 Å². The quantitative estimate of drug-likeness (QED) is 0.877. The van der Waals surface area contributed by atoms with Crippen molar-refractivity contribution < 1.29 is 18.0 Å². The number of alkyl halides is 3. The molecule has 5 nitrogen and oxygen atoms in total. The third-order valence-corrected chi connectivity index (χ3v) is 5.26. The molecule has 1 aliphatic carbocycles. The van der Waals surface area contributed by atoms with Crippen LogP contribution >= 0.6 is 11.3 Å². The largest absolute Gasteiger partial charge is 0.445 e. The molecule has 0 spiro atoms. The lowest BCUT2D eigenvalue weighted by Crippen LogP contribution is -2.44. The lowest BCUT2D eigenvalue weighted by molar-refractivity contribution is -0.138. The van der Waals surface area contributed by atoms with Gasteiger partial charge in [0.05, 0.1) is 5.41 Å². The highest BCUT2D eigenvalue weighted by Gasteiger charge is 2.50. The second-order valence-corrected chi connectivity index (χ2v) is 6.57. The van der Waals surface area contributed by atoms with Crippen LogP contribution in [0.1, 0.15) is 30.7 Å². The lowest BCUT2D eigenvalue weighted by Gasteiger charge is -2.36. The van der Waals surface area contributed by atoms with Gasteiger partial charge in [-0.2, -0.15) is 13.2 Å². The molecule has 0 bridgehead atoms. The van der Waals surface area contributed by atoms with Crippen molar-refractivity contribution in [2.24, 2.45) is 11.3 Å². The first-order valence-corrected chi connectivity index (χ1v) is 7.66. The number of nitrogens with one attached hydrogen (secondary N) is 2. The maximum atomic E-state index is 12.5. The molecule has 1 aromatic rings. The van der Waals surface area contributed by atoms with E-state index in [2.05, 4.69) is 20.8 Å². The number of nitrogens with zero attached hydrogens (tertiary/aromatic N) is 2. The van der Waals surface area contributed by atoms with E-state index in [1.54, 1.807) is 0 Å². The Bertz CT molecular complexity index is 547. The first-order chi connectivity index (χ1) is 9.92. The van der Waals surface area contributed by atoms with Crippen LogP contribution in [0, 0.1) is 11.3 Å². The van der Waals surface area contributed by atoms with Crippen LogP contribution in [0.3, 0.4) is 0 Å². The number of carbonyl (C=O) groups excluding carboxylic acids is 1. The minimum Gasteiger partial charge on any atom is -0.315 e. The average molecular weight is 320 g/mol. The van der Waals surface area contributed by atoms with Crippen molar-refractivity contribution in [3.63, 3.8) is 0 Å². The summed E-state index contributed by atoms with van der Waals surface area (Å²) >= 11 is 0.363. The number of rotatable bonds is 2. The summed E-state index contributed by atoms with van der Waals surface area (Å²) in [5, 5.41) is 11.1. The fourth-order valence-corrected chi connectivity index (χ4v) is 3.91. The van der Waals surface area contributed by atoms with E-state index >= 15 is 0 Å². The molecule has 2 atom stereocenters. The van der Waals surface area contributed by atoms with Crippen molar-refractivity contribution in [2.75, 3.05) is 18.4 Å². The van der Waals surface area contributed by atoms with Gasteiger partial charge >= 0.3 is 6.18 Å². The minimum atomic E-state index is -4.53. The van der Waals surface area contributed by atoms with Crippen molar-refractivity contribution in [1.29, 1.82) is 0 Å². The highest BCUT2D eigenvalue weighted by molar-refractivity contribution is 7.15. The van der Waals surface area contributed by atoms with Crippen LogP contribution in [0.25, 0.3) is 0 Å². The minimum absolute atomic E-state index is 0.0853. The molecule has 0 radical (unpaired) electrons. The van der Waals surface area contributed by atoms with Crippen LogP contribution in [0.15, 0.2) is 0 Å². The van der Waals surface area contributed by atoms with Crippen molar-refractivity contribution in [3.8, 4) is 0 Å². The molecule has 21 heavy (non-hydrogen) atoms. The summed E-state index contributed by atoms with van der Waals surface area (Å²) in [6.45, 7) is 1.37. The molecule has 2 N–H and O–H groups in total. The van der Waals surface area contributed by atoms with Gasteiger partial charge in [-0.15, -0.1) is 10.2 Å². The Balaban J connectivity index is 1.75. The van der Waals surface area contributed by atoms with E-state index in [0.29, 0.717) is 17.9 Å². The van der Waals surface area contributed by atoms with Crippen molar-refractivity contribution >= 4 is 22.4 Å². The van der Waals surface area contributed by atoms with Crippen molar-refractivity contribution in [3.05, 3.63) is 5.01 Å². The van der Waals surface area contributed by atoms with Crippen LogP contribution in [-0.4, -0.2) is 29.2 Å². The second kappa shape index (κ2) is 5.20. The Kier molecular flexibility index (Phi) is 3.64. The molecule has 0 aromatic carbocycles. The maximum absolute atomic E-state index is 12.5. The fraction of sp³-hybridized carbons (Fsp3) is 0.750. The molecule has 2 heterocycles. The van der Waals surface area contributed by atoms with Gasteiger partial charge in [-0.3, -0.25) is 10.1 Å². The van der Waals surface area contributed by atoms with Gasteiger partial charge in [0, 0.05) is 6.54 Å². The zero-order valence-corrected chi connectivity index (χ0v) is 12.0. The summed E-state index contributed by atoms with van der Waals surface area (Å²) in [5.74, 6) is 0.0170. The topological polar surface area (TPSA) is 66.9 Å². The molecular weight excluding hydrogens is 305 g/mol. The average Bonchev–Trinajstić information content (AvgIpc) is 3.04. The number of carbonyl (C=O) groups is 1. The predicted octanol–water partition coefficient (Wildman–Crippen LogP) is 2.28. The third kappa shape index (κ3) is 2.64. The Morgan fingerprint density at radius 3 is 2.90 bits per heavy atom. The standard InChI is InChI=1S/C12H15F3N4OS/c13-12(14,15)9-18-19-10(21-9)17-8(20)11-4-2-1-3-7(11)5-16-6-11/h7,16H,1-6H2,(H,17,19,20)/t7-,11+/m0/s1. The summed E-state index contributed by atoms with van der Waals surface area (Å²) in [4.78, 5) is 12.5.